The summed E-state index contributed by atoms with van der Waals surface area (Å²) >= 11 is 0. The maximum absolute atomic E-state index is 11.9. The van der Waals surface area contributed by atoms with E-state index in [1.54, 1.807) is 29.7 Å². The van der Waals surface area contributed by atoms with Crippen LogP contribution >= 0.6 is 0 Å². The molecule has 1 aromatic heterocycles. The van der Waals surface area contributed by atoms with Crippen LogP contribution in [0.15, 0.2) is 36.9 Å². The van der Waals surface area contributed by atoms with Crippen LogP contribution in [0.25, 0.3) is 5.69 Å². The Bertz CT molecular complexity index is 579. The predicted molar refractivity (Wildman–Crippen MR) is 66.9 cm³/mol. The van der Waals surface area contributed by atoms with Crippen molar-refractivity contribution in [3.63, 3.8) is 0 Å². The van der Waals surface area contributed by atoms with E-state index in [1.807, 2.05) is 6.07 Å². The number of aromatic nitrogens is 3. The second kappa shape index (κ2) is 5.90. The van der Waals surface area contributed by atoms with Crippen molar-refractivity contribution in [1.29, 1.82) is 0 Å². The van der Waals surface area contributed by atoms with Crippen molar-refractivity contribution in [2.24, 2.45) is 0 Å². The number of ether oxygens (including phenoxy) is 1. The molecule has 6 nitrogen and oxygen atoms in total. The van der Waals surface area contributed by atoms with Gasteiger partial charge in [0.25, 0.3) is 0 Å². The molecular weight excluding hydrogens is 246 g/mol. The van der Waals surface area contributed by atoms with Gasteiger partial charge in [0.15, 0.2) is 5.78 Å². The Hall–Kier alpha value is -2.50. The van der Waals surface area contributed by atoms with Gasteiger partial charge in [-0.3, -0.25) is 14.2 Å². The molecule has 98 valence electrons. The number of esters is 1. The lowest BCUT2D eigenvalue weighted by molar-refractivity contribution is -0.141. The first kappa shape index (κ1) is 12.9. The molecule has 1 aromatic carbocycles. The largest absolute Gasteiger partial charge is 0.466 e. The molecule has 0 bridgehead atoms. The number of benzene rings is 1. The van der Waals surface area contributed by atoms with E-state index in [9.17, 15) is 9.59 Å². The Labute approximate surface area is 110 Å². The molecule has 0 unspecified atom stereocenters. The molecule has 1 heterocycles. The van der Waals surface area contributed by atoms with Crippen LogP contribution < -0.4 is 0 Å². The lowest BCUT2D eigenvalue weighted by Gasteiger charge is -2.05. The third-order valence-electron chi connectivity index (χ3n) is 2.50. The van der Waals surface area contributed by atoms with Crippen LogP contribution in [0.1, 0.15) is 23.7 Å². The van der Waals surface area contributed by atoms with Gasteiger partial charge in [-0.1, -0.05) is 12.1 Å². The summed E-state index contributed by atoms with van der Waals surface area (Å²) in [4.78, 5) is 23.2. The molecule has 0 amide bonds. The van der Waals surface area contributed by atoms with E-state index in [0.717, 1.165) is 5.69 Å². The van der Waals surface area contributed by atoms with E-state index in [0.29, 0.717) is 5.56 Å². The van der Waals surface area contributed by atoms with Crippen LogP contribution in [-0.2, 0) is 9.53 Å². The average Bonchev–Trinajstić information content (AvgIpc) is 2.93. The molecule has 0 atom stereocenters. The quantitative estimate of drug-likeness (QED) is 0.461. The molecule has 0 N–H and O–H groups in total. The molecular formula is C13H13N3O3. The van der Waals surface area contributed by atoms with Gasteiger partial charge >= 0.3 is 5.97 Å². The fourth-order valence-electron chi connectivity index (χ4n) is 1.62. The number of rotatable bonds is 5. The van der Waals surface area contributed by atoms with Gasteiger partial charge in [0, 0.05) is 11.3 Å². The number of nitrogens with zero attached hydrogens (tertiary/aromatic N) is 3. The molecule has 2 rings (SSSR count). The van der Waals surface area contributed by atoms with Crippen molar-refractivity contribution in [2.75, 3.05) is 6.61 Å². The average molecular weight is 259 g/mol. The maximum Gasteiger partial charge on any atom is 0.313 e. The number of Topliss-reactive ketones (excluding diaryl/α,β-unsaturated/α-hetero) is 1. The van der Waals surface area contributed by atoms with Gasteiger partial charge in [0.05, 0.1) is 6.61 Å². The van der Waals surface area contributed by atoms with E-state index in [4.69, 9.17) is 4.74 Å². The molecule has 19 heavy (non-hydrogen) atoms. The highest BCUT2D eigenvalue weighted by molar-refractivity contribution is 6.06. The minimum absolute atomic E-state index is 0.251. The second-order valence-electron chi connectivity index (χ2n) is 3.82. The first-order chi connectivity index (χ1) is 9.20. The molecule has 0 aliphatic heterocycles. The van der Waals surface area contributed by atoms with Gasteiger partial charge in [-0.2, -0.15) is 0 Å². The normalized spacial score (nSPS) is 10.2. The van der Waals surface area contributed by atoms with E-state index in [1.165, 1.54) is 12.7 Å². The third-order valence-corrected chi connectivity index (χ3v) is 2.50. The highest BCUT2D eigenvalue weighted by Gasteiger charge is 2.13. The highest BCUT2D eigenvalue weighted by atomic mass is 16.5. The zero-order valence-electron chi connectivity index (χ0n) is 10.4. The van der Waals surface area contributed by atoms with E-state index < -0.39 is 5.97 Å². The van der Waals surface area contributed by atoms with Crippen molar-refractivity contribution in [3.05, 3.63) is 42.5 Å². The maximum atomic E-state index is 11.9. The minimum Gasteiger partial charge on any atom is -0.466 e. The molecule has 6 heteroatoms. The summed E-state index contributed by atoms with van der Waals surface area (Å²) in [7, 11) is 0. The van der Waals surface area contributed by atoms with Crippen LogP contribution in [0.5, 0.6) is 0 Å². The molecule has 0 saturated heterocycles. The lowest BCUT2D eigenvalue weighted by atomic mass is 10.1. The first-order valence-electron chi connectivity index (χ1n) is 5.84. The summed E-state index contributed by atoms with van der Waals surface area (Å²) in [5, 5.41) is 7.40. The topological polar surface area (TPSA) is 74.1 Å². The zero-order chi connectivity index (χ0) is 13.7. The zero-order valence-corrected chi connectivity index (χ0v) is 10.4. The van der Waals surface area contributed by atoms with Crippen molar-refractivity contribution in [2.45, 2.75) is 13.3 Å². The first-order valence-corrected chi connectivity index (χ1v) is 5.84. The van der Waals surface area contributed by atoms with Crippen molar-refractivity contribution in [1.82, 2.24) is 14.8 Å². The monoisotopic (exact) mass is 259 g/mol. The fourth-order valence-corrected chi connectivity index (χ4v) is 1.62. The van der Waals surface area contributed by atoms with Crippen LogP contribution in [0.2, 0.25) is 0 Å². The summed E-state index contributed by atoms with van der Waals surface area (Å²) < 4.78 is 6.43. The van der Waals surface area contributed by atoms with Crippen molar-refractivity contribution >= 4 is 11.8 Å². The van der Waals surface area contributed by atoms with Gasteiger partial charge in [-0.15, -0.1) is 10.2 Å². The molecule has 0 spiro atoms. The van der Waals surface area contributed by atoms with Crippen LogP contribution in [-0.4, -0.2) is 33.1 Å². The Balaban J connectivity index is 2.15. The number of hydrogen-bond donors (Lipinski definition) is 0. The third kappa shape index (κ3) is 3.25. The van der Waals surface area contributed by atoms with Gasteiger partial charge in [0.1, 0.15) is 19.1 Å². The SMILES string of the molecule is CCOC(=O)CC(=O)c1cccc(-n2cnnc2)c1. The summed E-state index contributed by atoms with van der Waals surface area (Å²) in [6, 6.07) is 6.92. The minimum atomic E-state index is -0.512. The highest BCUT2D eigenvalue weighted by Crippen LogP contribution is 2.11. The van der Waals surface area contributed by atoms with Crippen LogP contribution in [0, 0.1) is 0 Å². The van der Waals surface area contributed by atoms with Crippen LogP contribution in [0.3, 0.4) is 0 Å². The van der Waals surface area contributed by atoms with E-state index >= 15 is 0 Å². The standard InChI is InChI=1S/C13H13N3O3/c1-2-19-13(18)7-12(17)10-4-3-5-11(6-10)16-8-14-15-9-16/h3-6,8-9H,2,7H2,1H3. The summed E-state index contributed by atoms with van der Waals surface area (Å²) in [6.07, 6.45) is 2.82. The van der Waals surface area contributed by atoms with E-state index in [2.05, 4.69) is 10.2 Å². The Morgan fingerprint density at radius 1 is 1.26 bits per heavy atom. The Kier molecular flexibility index (Phi) is 4.02. The fraction of sp³-hybridized carbons (Fsp3) is 0.231. The lowest BCUT2D eigenvalue weighted by Crippen LogP contribution is -2.11. The van der Waals surface area contributed by atoms with Crippen LogP contribution in [0.4, 0.5) is 0 Å². The van der Waals surface area contributed by atoms with Gasteiger partial charge < -0.3 is 4.74 Å². The number of ketones is 1. The molecule has 0 aliphatic carbocycles. The van der Waals surface area contributed by atoms with Gasteiger partial charge in [0.2, 0.25) is 0 Å². The van der Waals surface area contributed by atoms with Gasteiger partial charge in [-0.05, 0) is 19.1 Å². The van der Waals surface area contributed by atoms with Crippen molar-refractivity contribution in [3.8, 4) is 5.69 Å². The molecule has 0 fully saturated rings. The molecule has 0 radical (unpaired) electrons. The Morgan fingerprint density at radius 2 is 2.00 bits per heavy atom. The Morgan fingerprint density at radius 3 is 2.68 bits per heavy atom. The summed E-state index contributed by atoms with van der Waals surface area (Å²) in [5.41, 5.74) is 1.22. The summed E-state index contributed by atoms with van der Waals surface area (Å²) in [6.45, 7) is 1.97. The predicted octanol–water partition coefficient (Wildman–Crippen LogP) is 1.40. The van der Waals surface area contributed by atoms with E-state index in [-0.39, 0.29) is 18.8 Å². The molecule has 0 aliphatic rings. The number of carbonyl (C=O) groups is 2. The van der Waals surface area contributed by atoms with Gasteiger partial charge in [-0.25, -0.2) is 0 Å². The number of carbonyl (C=O) groups excluding carboxylic acids is 2. The molecule has 2 aromatic rings. The smallest absolute Gasteiger partial charge is 0.313 e. The molecule has 0 saturated carbocycles. The van der Waals surface area contributed by atoms with Crippen molar-refractivity contribution < 1.29 is 14.3 Å². The summed E-state index contributed by atoms with van der Waals surface area (Å²) in [5.74, 6) is -0.782. The second-order valence-corrected chi connectivity index (χ2v) is 3.82. The number of hydrogen-bond acceptors (Lipinski definition) is 5.